The van der Waals surface area contributed by atoms with Crippen molar-refractivity contribution >= 4 is 23.3 Å². The molecular formula is C13H19N3O3. The average Bonchev–Trinajstić information content (AvgIpc) is 2.37. The molecule has 0 unspecified atom stereocenters. The van der Waals surface area contributed by atoms with E-state index in [1.54, 1.807) is 11.0 Å². The zero-order valence-electron chi connectivity index (χ0n) is 11.2. The molecular weight excluding hydrogens is 246 g/mol. The predicted molar refractivity (Wildman–Crippen MR) is 73.5 cm³/mol. The van der Waals surface area contributed by atoms with Crippen molar-refractivity contribution in [2.75, 3.05) is 31.2 Å². The SMILES string of the molecule is CCN(CC)C(=O)COC(=O)c1ccc(N)cc1N. The van der Waals surface area contributed by atoms with Gasteiger partial charge in [-0.15, -0.1) is 0 Å². The normalized spacial score (nSPS) is 10.0. The minimum Gasteiger partial charge on any atom is -0.452 e. The molecule has 0 aliphatic heterocycles. The van der Waals surface area contributed by atoms with Crippen LogP contribution in [0.1, 0.15) is 24.2 Å². The van der Waals surface area contributed by atoms with Crippen molar-refractivity contribution in [3.63, 3.8) is 0 Å². The van der Waals surface area contributed by atoms with E-state index in [9.17, 15) is 9.59 Å². The van der Waals surface area contributed by atoms with Crippen LogP contribution in [0.5, 0.6) is 0 Å². The van der Waals surface area contributed by atoms with Gasteiger partial charge in [-0.25, -0.2) is 4.79 Å². The molecule has 0 atom stereocenters. The van der Waals surface area contributed by atoms with Crippen LogP contribution in [0.2, 0.25) is 0 Å². The molecule has 0 saturated heterocycles. The molecule has 6 heteroatoms. The van der Waals surface area contributed by atoms with Crippen LogP contribution in [0.25, 0.3) is 0 Å². The number of benzene rings is 1. The number of ether oxygens (including phenoxy) is 1. The first-order chi connectivity index (χ1) is 8.99. The smallest absolute Gasteiger partial charge is 0.340 e. The number of anilines is 2. The van der Waals surface area contributed by atoms with Crippen LogP contribution in [0.3, 0.4) is 0 Å². The molecule has 4 N–H and O–H groups in total. The topological polar surface area (TPSA) is 98.6 Å². The number of nitrogens with two attached hydrogens (primary N) is 2. The van der Waals surface area contributed by atoms with Gasteiger partial charge in [0.15, 0.2) is 6.61 Å². The van der Waals surface area contributed by atoms with Gasteiger partial charge in [-0.1, -0.05) is 0 Å². The molecule has 0 aromatic heterocycles. The largest absolute Gasteiger partial charge is 0.452 e. The van der Waals surface area contributed by atoms with Crippen LogP contribution in [-0.4, -0.2) is 36.5 Å². The summed E-state index contributed by atoms with van der Waals surface area (Å²) in [7, 11) is 0. The molecule has 0 heterocycles. The number of esters is 1. The van der Waals surface area contributed by atoms with Crippen molar-refractivity contribution in [1.82, 2.24) is 4.90 Å². The van der Waals surface area contributed by atoms with Gasteiger partial charge in [0, 0.05) is 24.5 Å². The van der Waals surface area contributed by atoms with E-state index < -0.39 is 5.97 Å². The van der Waals surface area contributed by atoms with E-state index in [2.05, 4.69) is 0 Å². The summed E-state index contributed by atoms with van der Waals surface area (Å²) in [5.74, 6) is -0.856. The van der Waals surface area contributed by atoms with Crippen LogP contribution in [-0.2, 0) is 9.53 Å². The molecule has 1 rings (SSSR count). The fourth-order valence-corrected chi connectivity index (χ4v) is 1.64. The van der Waals surface area contributed by atoms with Gasteiger partial charge in [-0.2, -0.15) is 0 Å². The summed E-state index contributed by atoms with van der Waals surface area (Å²) in [6.07, 6.45) is 0. The number of rotatable bonds is 5. The van der Waals surface area contributed by atoms with E-state index in [0.717, 1.165) is 0 Å². The van der Waals surface area contributed by atoms with E-state index in [1.165, 1.54) is 12.1 Å². The number of carbonyl (C=O) groups is 2. The third-order valence-corrected chi connectivity index (χ3v) is 2.74. The summed E-state index contributed by atoms with van der Waals surface area (Å²) in [4.78, 5) is 25.0. The zero-order chi connectivity index (χ0) is 14.4. The van der Waals surface area contributed by atoms with Crippen LogP contribution in [0.15, 0.2) is 18.2 Å². The van der Waals surface area contributed by atoms with Gasteiger partial charge < -0.3 is 21.1 Å². The Labute approximate surface area is 112 Å². The third-order valence-electron chi connectivity index (χ3n) is 2.74. The molecule has 19 heavy (non-hydrogen) atoms. The van der Waals surface area contributed by atoms with E-state index >= 15 is 0 Å². The zero-order valence-corrected chi connectivity index (χ0v) is 11.2. The maximum Gasteiger partial charge on any atom is 0.340 e. The number of hydrogen-bond donors (Lipinski definition) is 2. The number of amides is 1. The first-order valence-corrected chi connectivity index (χ1v) is 6.09. The van der Waals surface area contributed by atoms with Gasteiger partial charge in [-0.05, 0) is 32.0 Å². The molecule has 1 aromatic carbocycles. The Kier molecular flexibility index (Phi) is 5.17. The number of likely N-dealkylation sites (N-methyl/N-ethyl adjacent to an activating group) is 1. The van der Waals surface area contributed by atoms with Gasteiger partial charge >= 0.3 is 5.97 Å². The van der Waals surface area contributed by atoms with Gasteiger partial charge in [0.2, 0.25) is 0 Å². The molecule has 0 spiro atoms. The van der Waals surface area contributed by atoms with Gasteiger partial charge in [-0.3, -0.25) is 4.79 Å². The highest BCUT2D eigenvalue weighted by Gasteiger charge is 2.15. The van der Waals surface area contributed by atoms with Crippen molar-refractivity contribution in [2.45, 2.75) is 13.8 Å². The summed E-state index contributed by atoms with van der Waals surface area (Å²) in [5, 5.41) is 0. The van der Waals surface area contributed by atoms with Crippen molar-refractivity contribution in [2.24, 2.45) is 0 Å². The Morgan fingerprint density at radius 2 is 1.84 bits per heavy atom. The summed E-state index contributed by atoms with van der Waals surface area (Å²) in [6, 6.07) is 4.51. The van der Waals surface area contributed by atoms with Crippen LogP contribution < -0.4 is 11.5 Å². The number of carbonyl (C=O) groups excluding carboxylic acids is 2. The fraction of sp³-hybridized carbons (Fsp3) is 0.385. The van der Waals surface area contributed by atoms with E-state index in [1.807, 2.05) is 13.8 Å². The Morgan fingerprint density at radius 3 is 2.37 bits per heavy atom. The van der Waals surface area contributed by atoms with Crippen molar-refractivity contribution < 1.29 is 14.3 Å². The standard InChI is InChI=1S/C13H19N3O3/c1-3-16(4-2)12(17)8-19-13(18)10-6-5-9(14)7-11(10)15/h5-7H,3-4,8,14-15H2,1-2H3. The fourth-order valence-electron chi connectivity index (χ4n) is 1.64. The molecule has 0 aliphatic carbocycles. The lowest BCUT2D eigenvalue weighted by molar-refractivity contribution is -0.134. The van der Waals surface area contributed by atoms with Gasteiger partial charge in [0.25, 0.3) is 5.91 Å². The molecule has 0 fully saturated rings. The van der Waals surface area contributed by atoms with E-state index in [4.69, 9.17) is 16.2 Å². The second-order valence-electron chi connectivity index (χ2n) is 3.99. The Morgan fingerprint density at radius 1 is 1.21 bits per heavy atom. The van der Waals surface area contributed by atoms with E-state index in [-0.39, 0.29) is 23.8 Å². The second kappa shape index (κ2) is 6.63. The number of nitrogens with zero attached hydrogens (tertiary/aromatic N) is 1. The molecule has 0 bridgehead atoms. The van der Waals surface area contributed by atoms with Crippen molar-refractivity contribution in [3.05, 3.63) is 23.8 Å². The molecule has 6 nitrogen and oxygen atoms in total. The van der Waals surface area contributed by atoms with E-state index in [0.29, 0.717) is 18.8 Å². The third kappa shape index (κ3) is 3.87. The monoisotopic (exact) mass is 265 g/mol. The maximum absolute atomic E-state index is 11.8. The van der Waals surface area contributed by atoms with Crippen LogP contribution in [0.4, 0.5) is 11.4 Å². The van der Waals surface area contributed by atoms with Crippen molar-refractivity contribution in [3.8, 4) is 0 Å². The highest BCUT2D eigenvalue weighted by molar-refractivity contribution is 5.96. The lowest BCUT2D eigenvalue weighted by Gasteiger charge is -2.18. The molecule has 0 aliphatic rings. The maximum atomic E-state index is 11.8. The molecule has 1 aromatic rings. The Hall–Kier alpha value is -2.24. The average molecular weight is 265 g/mol. The van der Waals surface area contributed by atoms with Crippen LogP contribution >= 0.6 is 0 Å². The minimum absolute atomic E-state index is 0.210. The molecule has 1 amide bonds. The summed E-state index contributed by atoms with van der Waals surface area (Å²) < 4.78 is 4.94. The van der Waals surface area contributed by atoms with Crippen LogP contribution in [0, 0.1) is 0 Å². The van der Waals surface area contributed by atoms with Gasteiger partial charge in [0.05, 0.1) is 5.56 Å². The highest BCUT2D eigenvalue weighted by Crippen LogP contribution is 2.16. The first-order valence-electron chi connectivity index (χ1n) is 6.09. The Bertz CT molecular complexity index is 470. The summed E-state index contributed by atoms with van der Waals surface area (Å²) in [6.45, 7) is 4.60. The Balaban J connectivity index is 2.63. The van der Waals surface area contributed by atoms with Crippen molar-refractivity contribution in [1.29, 1.82) is 0 Å². The lowest BCUT2D eigenvalue weighted by atomic mass is 10.1. The number of nitrogen functional groups attached to an aromatic ring is 2. The lowest BCUT2D eigenvalue weighted by Crippen LogP contribution is -2.34. The molecule has 104 valence electrons. The quantitative estimate of drug-likeness (QED) is 0.608. The highest BCUT2D eigenvalue weighted by atomic mass is 16.5. The predicted octanol–water partition coefficient (Wildman–Crippen LogP) is 0.876. The van der Waals surface area contributed by atoms with Gasteiger partial charge in [0.1, 0.15) is 0 Å². The minimum atomic E-state index is -0.627. The molecule has 0 saturated carbocycles. The first kappa shape index (κ1) is 14.8. The summed E-state index contributed by atoms with van der Waals surface area (Å²) >= 11 is 0. The summed E-state index contributed by atoms with van der Waals surface area (Å²) in [5.41, 5.74) is 12.1. The molecule has 0 radical (unpaired) electrons. The number of hydrogen-bond acceptors (Lipinski definition) is 5. The second-order valence-corrected chi connectivity index (χ2v) is 3.99.